The minimum atomic E-state index is 0.0122. The monoisotopic (exact) mass is 381 g/mol. The van der Waals surface area contributed by atoms with Crippen LogP contribution < -0.4 is 10.3 Å². The van der Waals surface area contributed by atoms with Crippen molar-refractivity contribution in [2.75, 3.05) is 13.2 Å². The lowest BCUT2D eigenvalue weighted by Gasteiger charge is -2.25. The fourth-order valence-corrected chi connectivity index (χ4v) is 4.14. The maximum Gasteiger partial charge on any atom is 0.253 e. The number of Topliss-reactive ketones (excluding diaryl/α,β-unsaturated/α-hetero) is 1. The summed E-state index contributed by atoms with van der Waals surface area (Å²) in [5, 5.41) is 0. The van der Waals surface area contributed by atoms with Gasteiger partial charge in [0.1, 0.15) is 18.1 Å². The van der Waals surface area contributed by atoms with Crippen LogP contribution in [-0.2, 0) is 29.4 Å². The van der Waals surface area contributed by atoms with Gasteiger partial charge in [0.15, 0.2) is 0 Å². The number of hydrogen-bond acceptors (Lipinski definition) is 4. The first-order valence-corrected chi connectivity index (χ1v) is 10.1. The van der Waals surface area contributed by atoms with E-state index in [0.29, 0.717) is 25.0 Å². The van der Waals surface area contributed by atoms with Crippen LogP contribution in [0.4, 0.5) is 0 Å². The van der Waals surface area contributed by atoms with Crippen LogP contribution in [0.5, 0.6) is 5.75 Å². The van der Waals surface area contributed by atoms with E-state index < -0.39 is 0 Å². The Balaban J connectivity index is 1.70. The second-order valence-electron chi connectivity index (χ2n) is 7.95. The second-order valence-corrected chi connectivity index (χ2v) is 7.95. The van der Waals surface area contributed by atoms with E-state index in [1.165, 1.54) is 12.0 Å². The van der Waals surface area contributed by atoms with Crippen LogP contribution in [-0.4, -0.2) is 29.7 Å². The lowest BCUT2D eigenvalue weighted by Crippen LogP contribution is -2.26. The number of pyridine rings is 1. The molecule has 0 saturated carbocycles. The molecule has 0 amide bonds. The second kappa shape index (κ2) is 7.92. The highest BCUT2D eigenvalue weighted by Crippen LogP contribution is 2.34. The van der Waals surface area contributed by atoms with Gasteiger partial charge in [-0.15, -0.1) is 0 Å². The number of aryl methyl sites for hydroxylation is 3. The molecule has 1 saturated heterocycles. The molecule has 1 aromatic carbocycles. The molecule has 1 unspecified atom stereocenters. The average molecular weight is 381 g/mol. The fraction of sp³-hybridized carbons (Fsp3) is 0.478. The third kappa shape index (κ3) is 3.90. The Bertz CT molecular complexity index is 928. The highest BCUT2D eigenvalue weighted by atomic mass is 16.5. The summed E-state index contributed by atoms with van der Waals surface area (Å²) in [5.41, 5.74) is 4.91. The summed E-state index contributed by atoms with van der Waals surface area (Å²) >= 11 is 0. The molecule has 2 aromatic rings. The van der Waals surface area contributed by atoms with E-state index in [9.17, 15) is 9.59 Å². The predicted octanol–water partition coefficient (Wildman–Crippen LogP) is 3.37. The van der Waals surface area contributed by atoms with E-state index in [4.69, 9.17) is 9.47 Å². The number of fused-ring (bicyclic) bond motifs is 1. The summed E-state index contributed by atoms with van der Waals surface area (Å²) in [6, 6.07) is 6.08. The van der Waals surface area contributed by atoms with E-state index >= 15 is 0 Å². The Morgan fingerprint density at radius 3 is 2.75 bits per heavy atom. The van der Waals surface area contributed by atoms with Crippen molar-refractivity contribution in [3.8, 4) is 16.9 Å². The van der Waals surface area contributed by atoms with Crippen molar-refractivity contribution in [3.05, 3.63) is 51.4 Å². The summed E-state index contributed by atoms with van der Waals surface area (Å²) < 4.78 is 13.6. The zero-order valence-corrected chi connectivity index (χ0v) is 16.6. The van der Waals surface area contributed by atoms with Crippen molar-refractivity contribution >= 4 is 5.78 Å². The molecular weight excluding hydrogens is 354 g/mol. The van der Waals surface area contributed by atoms with E-state index in [0.717, 1.165) is 48.3 Å². The smallest absolute Gasteiger partial charge is 0.253 e. The van der Waals surface area contributed by atoms with Crippen LogP contribution in [0.15, 0.2) is 29.2 Å². The molecule has 1 aliphatic heterocycles. The summed E-state index contributed by atoms with van der Waals surface area (Å²) in [5.74, 6) is 1.04. The molecule has 1 aliphatic carbocycles. The first-order valence-electron chi connectivity index (χ1n) is 10.1. The van der Waals surface area contributed by atoms with Gasteiger partial charge < -0.3 is 14.0 Å². The summed E-state index contributed by atoms with van der Waals surface area (Å²) in [6.07, 6.45) is 7.02. The summed E-state index contributed by atoms with van der Waals surface area (Å²) in [4.78, 5) is 24.1. The number of aromatic nitrogens is 1. The van der Waals surface area contributed by atoms with Crippen LogP contribution in [0.1, 0.15) is 42.4 Å². The molecule has 28 heavy (non-hydrogen) atoms. The van der Waals surface area contributed by atoms with E-state index in [-0.39, 0.29) is 17.4 Å². The van der Waals surface area contributed by atoms with Gasteiger partial charge in [0.2, 0.25) is 0 Å². The molecule has 2 heterocycles. The average Bonchev–Trinajstić information content (AvgIpc) is 2.70. The third-order valence-electron chi connectivity index (χ3n) is 5.74. The molecule has 2 aliphatic rings. The zero-order chi connectivity index (χ0) is 19.7. The molecule has 0 radical (unpaired) electrons. The van der Waals surface area contributed by atoms with E-state index in [1.54, 1.807) is 11.6 Å². The van der Waals surface area contributed by atoms with Gasteiger partial charge in [-0.3, -0.25) is 9.59 Å². The van der Waals surface area contributed by atoms with Crippen molar-refractivity contribution < 1.29 is 14.3 Å². The highest BCUT2D eigenvalue weighted by molar-refractivity contribution is 5.85. The van der Waals surface area contributed by atoms with Crippen molar-refractivity contribution in [2.24, 2.45) is 7.05 Å². The number of ether oxygens (including phenoxy) is 2. The number of nitrogens with zero attached hydrogens (tertiary/aromatic N) is 1. The minimum absolute atomic E-state index is 0.0122. The Hall–Kier alpha value is -2.40. The maximum atomic E-state index is 12.1. The Labute approximate surface area is 165 Å². The van der Waals surface area contributed by atoms with Gasteiger partial charge in [0.05, 0.1) is 6.10 Å². The van der Waals surface area contributed by atoms with E-state index in [2.05, 4.69) is 6.07 Å². The molecule has 5 heteroatoms. The van der Waals surface area contributed by atoms with Gasteiger partial charge in [-0.1, -0.05) is 6.07 Å². The van der Waals surface area contributed by atoms with Crippen LogP contribution in [0.3, 0.4) is 0 Å². The molecule has 1 aromatic heterocycles. The molecule has 1 atom stereocenters. The Morgan fingerprint density at radius 1 is 1.14 bits per heavy atom. The Kier molecular flexibility index (Phi) is 5.36. The molecule has 1 fully saturated rings. The molecular formula is C23H27NO4. The number of carbonyl (C=O) groups is 1. The van der Waals surface area contributed by atoms with Gasteiger partial charge in [-0.25, -0.2) is 0 Å². The van der Waals surface area contributed by atoms with Crippen LogP contribution >= 0.6 is 0 Å². The van der Waals surface area contributed by atoms with E-state index in [1.807, 2.05) is 25.3 Å². The highest BCUT2D eigenvalue weighted by Gasteiger charge is 2.23. The van der Waals surface area contributed by atoms with Crippen LogP contribution in [0.25, 0.3) is 11.1 Å². The van der Waals surface area contributed by atoms with Gasteiger partial charge in [-0.05, 0) is 61.4 Å². The van der Waals surface area contributed by atoms with Gasteiger partial charge >= 0.3 is 0 Å². The molecule has 0 spiro atoms. The predicted molar refractivity (Wildman–Crippen MR) is 108 cm³/mol. The molecule has 0 N–H and O–H groups in total. The number of rotatable bonds is 4. The zero-order valence-electron chi connectivity index (χ0n) is 16.6. The van der Waals surface area contributed by atoms with Gasteiger partial charge in [-0.2, -0.15) is 0 Å². The van der Waals surface area contributed by atoms with Crippen molar-refractivity contribution in [1.82, 2.24) is 4.57 Å². The standard InChI is InChI=1S/C23H27NO4/c1-15-9-18(13-24(2)23(15)26)17-10-16-6-7-19(25)12-21(16)22(11-17)28-14-20-5-3-4-8-27-20/h9-11,13,20H,3-8,12,14H2,1-2H3. The van der Waals surface area contributed by atoms with Crippen molar-refractivity contribution in [1.29, 1.82) is 0 Å². The number of carbonyl (C=O) groups excluding carboxylic acids is 1. The maximum absolute atomic E-state index is 12.1. The normalized spacial score (nSPS) is 19.4. The largest absolute Gasteiger partial charge is 0.491 e. The molecule has 148 valence electrons. The van der Waals surface area contributed by atoms with Crippen molar-refractivity contribution in [2.45, 2.75) is 51.6 Å². The lowest BCUT2D eigenvalue weighted by atomic mass is 9.87. The molecule has 4 rings (SSSR count). The topological polar surface area (TPSA) is 57.5 Å². The van der Waals surface area contributed by atoms with Gasteiger partial charge in [0, 0.05) is 43.8 Å². The molecule has 0 bridgehead atoms. The number of hydrogen-bond donors (Lipinski definition) is 0. The number of ketones is 1. The van der Waals surface area contributed by atoms with Gasteiger partial charge in [0.25, 0.3) is 5.56 Å². The van der Waals surface area contributed by atoms with Crippen LogP contribution in [0.2, 0.25) is 0 Å². The molecule has 5 nitrogen and oxygen atoms in total. The minimum Gasteiger partial charge on any atom is -0.491 e. The lowest BCUT2D eigenvalue weighted by molar-refractivity contribution is -0.118. The summed E-state index contributed by atoms with van der Waals surface area (Å²) in [7, 11) is 1.77. The first-order chi connectivity index (χ1) is 13.5. The van der Waals surface area contributed by atoms with Crippen LogP contribution in [0, 0.1) is 6.92 Å². The quantitative estimate of drug-likeness (QED) is 0.815. The third-order valence-corrected chi connectivity index (χ3v) is 5.74. The summed E-state index contributed by atoms with van der Waals surface area (Å²) in [6.45, 7) is 3.14. The Morgan fingerprint density at radius 2 is 2.00 bits per heavy atom. The number of benzene rings is 1. The first kappa shape index (κ1) is 18.9. The SMILES string of the molecule is Cc1cc(-c2cc3c(c(OCC4CCCCO4)c2)CC(=O)CC3)cn(C)c1=O. The van der Waals surface area contributed by atoms with Crippen molar-refractivity contribution in [3.63, 3.8) is 0 Å². The fourth-order valence-electron chi connectivity index (χ4n) is 4.14.